The molecule has 0 amide bonds. The molecule has 7 heteroatoms. The van der Waals surface area contributed by atoms with E-state index in [1.54, 1.807) is 6.08 Å². The minimum absolute atomic E-state index is 0.340. The zero-order valence-corrected chi connectivity index (χ0v) is 19.7. The van der Waals surface area contributed by atoms with Crippen LogP contribution in [0.1, 0.15) is 68.1 Å². The van der Waals surface area contributed by atoms with E-state index in [4.69, 9.17) is 15.4 Å². The second-order valence-electron chi connectivity index (χ2n) is 9.37. The van der Waals surface area contributed by atoms with E-state index in [2.05, 4.69) is 40.1 Å². The smallest absolute Gasteiger partial charge is 0.162 e. The van der Waals surface area contributed by atoms with Crippen LogP contribution in [-0.4, -0.2) is 51.3 Å². The van der Waals surface area contributed by atoms with Crippen LogP contribution in [0.15, 0.2) is 30.7 Å². The maximum Gasteiger partial charge on any atom is 0.162 e. The fourth-order valence-corrected chi connectivity index (χ4v) is 5.01. The molecule has 0 unspecified atom stereocenters. The number of rotatable bonds is 8. The van der Waals surface area contributed by atoms with E-state index in [1.807, 2.05) is 25.5 Å². The lowest BCUT2D eigenvalue weighted by molar-refractivity contribution is 0.487. The number of hydrogen-bond acceptors (Lipinski definition) is 6. The average molecular weight is 444 g/mol. The first-order chi connectivity index (χ1) is 16.1. The number of anilines is 1. The Morgan fingerprint density at radius 3 is 2.82 bits per heavy atom. The summed E-state index contributed by atoms with van der Waals surface area (Å²) in [5.74, 6) is 2.22. The van der Waals surface area contributed by atoms with Gasteiger partial charge in [0.15, 0.2) is 5.82 Å². The predicted molar refractivity (Wildman–Crippen MR) is 134 cm³/mol. The van der Waals surface area contributed by atoms with E-state index in [0.717, 1.165) is 59.5 Å². The number of fused-ring (bicyclic) bond motifs is 1. The van der Waals surface area contributed by atoms with Crippen molar-refractivity contribution in [3.8, 4) is 0 Å². The zero-order chi connectivity index (χ0) is 22.9. The number of H-pyrrole nitrogens is 1. The summed E-state index contributed by atoms with van der Waals surface area (Å²) < 4.78 is 0. The van der Waals surface area contributed by atoms with Crippen LogP contribution in [0.5, 0.6) is 0 Å². The van der Waals surface area contributed by atoms with Gasteiger partial charge in [0.05, 0.1) is 11.7 Å². The lowest BCUT2D eigenvalue weighted by Crippen LogP contribution is -2.41. The van der Waals surface area contributed by atoms with Crippen molar-refractivity contribution in [1.29, 1.82) is 5.41 Å². The van der Waals surface area contributed by atoms with Gasteiger partial charge < -0.3 is 20.6 Å². The Labute approximate surface area is 195 Å². The third-order valence-corrected chi connectivity index (χ3v) is 6.95. The second-order valence-corrected chi connectivity index (χ2v) is 9.37. The fourth-order valence-electron chi connectivity index (χ4n) is 5.01. The largest absolute Gasteiger partial charge is 0.365 e. The molecule has 0 bridgehead atoms. The molecule has 33 heavy (non-hydrogen) atoms. The molecule has 2 aliphatic rings. The number of nitrogens with one attached hydrogen (secondary N) is 3. The van der Waals surface area contributed by atoms with Crippen molar-refractivity contribution in [1.82, 2.24) is 25.3 Å². The Morgan fingerprint density at radius 2 is 2.12 bits per heavy atom. The summed E-state index contributed by atoms with van der Waals surface area (Å²) in [7, 11) is 0. The number of nitrogens with zero attached hydrogens (tertiary/aromatic N) is 4. The van der Waals surface area contributed by atoms with Gasteiger partial charge in [-0.25, -0.2) is 9.97 Å². The monoisotopic (exact) mass is 443 g/mol. The lowest BCUT2D eigenvalue weighted by Gasteiger charge is -2.28. The molecule has 4 heterocycles. The van der Waals surface area contributed by atoms with Gasteiger partial charge in [-0.15, -0.1) is 0 Å². The Balaban J connectivity index is 1.66. The molecule has 3 aromatic heterocycles. The third-order valence-electron chi connectivity index (χ3n) is 6.95. The fraction of sp³-hybridized carbons (Fsp3) is 0.462. The van der Waals surface area contributed by atoms with E-state index in [9.17, 15) is 0 Å². The highest BCUT2D eigenvalue weighted by Gasteiger charge is 2.35. The Hall–Kier alpha value is -3.06. The summed E-state index contributed by atoms with van der Waals surface area (Å²) in [5, 5.41) is 12.6. The number of pyridine rings is 1. The van der Waals surface area contributed by atoms with E-state index >= 15 is 0 Å². The molecule has 0 aromatic carbocycles. The Bertz CT molecular complexity index is 1190. The third kappa shape index (κ3) is 4.17. The first kappa shape index (κ1) is 21.8. The molecule has 1 saturated heterocycles. The minimum Gasteiger partial charge on any atom is -0.365 e. The van der Waals surface area contributed by atoms with Crippen LogP contribution in [0.25, 0.3) is 16.5 Å². The van der Waals surface area contributed by atoms with Gasteiger partial charge in [-0.1, -0.05) is 6.92 Å². The van der Waals surface area contributed by atoms with Gasteiger partial charge in [-0.3, -0.25) is 4.98 Å². The molecule has 5 rings (SSSR count). The molecule has 0 spiro atoms. The molecular weight excluding hydrogens is 410 g/mol. The van der Waals surface area contributed by atoms with Crippen LogP contribution in [0.4, 0.5) is 5.82 Å². The van der Waals surface area contributed by atoms with E-state index in [1.165, 1.54) is 24.6 Å². The van der Waals surface area contributed by atoms with Gasteiger partial charge in [0, 0.05) is 59.5 Å². The highest BCUT2D eigenvalue weighted by Crippen LogP contribution is 2.45. The zero-order valence-electron chi connectivity index (χ0n) is 19.7. The van der Waals surface area contributed by atoms with Gasteiger partial charge >= 0.3 is 0 Å². The molecule has 1 saturated carbocycles. The van der Waals surface area contributed by atoms with Crippen LogP contribution < -0.4 is 10.2 Å². The second kappa shape index (κ2) is 9.06. The SMILES string of the molecule is CCCN[C@@H]1CCN(c2nc(/C(=C/C=N)c3c[nH]c(C)c3)nc3cncc(C4CC4)c23)[C@@H]1C. The summed E-state index contributed by atoms with van der Waals surface area (Å²) >= 11 is 0. The topological polar surface area (TPSA) is 93.6 Å². The summed E-state index contributed by atoms with van der Waals surface area (Å²) in [6, 6.07) is 2.87. The van der Waals surface area contributed by atoms with E-state index in [-0.39, 0.29) is 0 Å². The molecule has 0 radical (unpaired) electrons. The summed E-state index contributed by atoms with van der Waals surface area (Å²) in [5.41, 5.74) is 5.07. The van der Waals surface area contributed by atoms with Crippen LogP contribution in [0.3, 0.4) is 0 Å². The maximum absolute atomic E-state index is 7.75. The number of aromatic nitrogens is 4. The van der Waals surface area contributed by atoms with Gasteiger partial charge in [-0.05, 0) is 69.7 Å². The first-order valence-corrected chi connectivity index (χ1v) is 12.1. The van der Waals surface area contributed by atoms with Crippen molar-refractivity contribution < 1.29 is 0 Å². The predicted octanol–water partition coefficient (Wildman–Crippen LogP) is 4.59. The van der Waals surface area contributed by atoms with Crippen molar-refractivity contribution in [2.75, 3.05) is 18.0 Å². The van der Waals surface area contributed by atoms with E-state index in [0.29, 0.717) is 23.8 Å². The van der Waals surface area contributed by atoms with E-state index < -0.39 is 0 Å². The maximum atomic E-state index is 7.75. The summed E-state index contributed by atoms with van der Waals surface area (Å²) in [4.78, 5) is 20.4. The molecule has 7 nitrogen and oxygen atoms in total. The average Bonchev–Trinajstić information content (AvgIpc) is 3.48. The molecule has 1 aliphatic heterocycles. The van der Waals surface area contributed by atoms with Gasteiger partial charge in [0.25, 0.3) is 0 Å². The summed E-state index contributed by atoms with van der Waals surface area (Å²) in [6.45, 7) is 8.54. The highest BCUT2D eigenvalue weighted by molar-refractivity contribution is 5.96. The Kier molecular flexibility index (Phi) is 5.98. The van der Waals surface area contributed by atoms with Crippen molar-refractivity contribution >= 4 is 28.5 Å². The van der Waals surface area contributed by atoms with Crippen molar-refractivity contribution in [3.63, 3.8) is 0 Å². The number of allylic oxidation sites excluding steroid dienone is 1. The van der Waals surface area contributed by atoms with Crippen LogP contribution in [-0.2, 0) is 0 Å². The minimum atomic E-state index is 0.340. The van der Waals surface area contributed by atoms with Gasteiger partial charge in [-0.2, -0.15) is 0 Å². The van der Waals surface area contributed by atoms with Crippen molar-refractivity contribution in [2.24, 2.45) is 0 Å². The lowest BCUT2D eigenvalue weighted by atomic mass is 10.0. The number of aromatic amines is 1. The van der Waals surface area contributed by atoms with Crippen molar-refractivity contribution in [3.05, 3.63) is 53.4 Å². The molecule has 1 aliphatic carbocycles. The quantitative estimate of drug-likeness (QED) is 0.443. The first-order valence-electron chi connectivity index (χ1n) is 12.1. The molecule has 172 valence electrons. The molecule has 2 fully saturated rings. The highest BCUT2D eigenvalue weighted by atomic mass is 15.3. The molecule has 3 N–H and O–H groups in total. The number of aryl methyl sites for hydroxylation is 1. The van der Waals surface area contributed by atoms with Gasteiger partial charge in [0.2, 0.25) is 0 Å². The summed E-state index contributed by atoms with van der Waals surface area (Å²) in [6.07, 6.45) is 13.6. The van der Waals surface area contributed by atoms with Crippen LogP contribution in [0, 0.1) is 12.3 Å². The number of hydrogen-bond donors (Lipinski definition) is 3. The molecule has 2 atom stereocenters. The standard InChI is InChI=1S/C26H33N7/c1-4-10-29-22-8-11-33(17(22)3)26-24-21(18-5-6-18)14-28-15-23(24)31-25(32-26)20(7-9-27)19-12-16(2)30-13-19/h7,9,12-15,17-18,22,27,29-30H,4-6,8,10-11H2,1-3H3/b20-7+,27-9?/t17-,22-/m1/s1. The molecule has 3 aromatic rings. The Morgan fingerprint density at radius 1 is 1.27 bits per heavy atom. The van der Waals surface area contributed by atoms with Gasteiger partial charge in [0.1, 0.15) is 5.82 Å². The molecular formula is C26H33N7. The van der Waals surface area contributed by atoms with Crippen LogP contribution in [0.2, 0.25) is 0 Å². The normalized spacial score (nSPS) is 21.2. The van der Waals surface area contributed by atoms with Crippen LogP contribution >= 0.6 is 0 Å². The van der Waals surface area contributed by atoms with Crippen molar-refractivity contribution in [2.45, 2.75) is 64.5 Å².